The fraction of sp³-hybridized carbons (Fsp3) is 0.250. The van der Waals surface area contributed by atoms with E-state index < -0.39 is 0 Å². The normalized spacial score (nSPS) is 12.1. The Morgan fingerprint density at radius 3 is 2.78 bits per heavy atom. The van der Waals surface area contributed by atoms with Crippen LogP contribution < -0.4 is 5.32 Å². The summed E-state index contributed by atoms with van der Waals surface area (Å²) in [7, 11) is 0. The maximum absolute atomic E-state index is 12.0. The summed E-state index contributed by atoms with van der Waals surface area (Å²) in [4.78, 5) is 20.2. The quantitative estimate of drug-likeness (QED) is 0.939. The van der Waals surface area contributed by atoms with Gasteiger partial charge in [-0.25, -0.2) is 4.98 Å². The van der Waals surface area contributed by atoms with Gasteiger partial charge in [0.2, 0.25) is 0 Å². The highest BCUT2D eigenvalue weighted by Crippen LogP contribution is 2.23. The zero-order valence-electron chi connectivity index (χ0n) is 9.76. The second-order valence-electron chi connectivity index (χ2n) is 3.68. The lowest BCUT2D eigenvalue weighted by Gasteiger charge is -2.14. The minimum atomic E-state index is -0.101. The molecule has 0 aliphatic carbocycles. The van der Waals surface area contributed by atoms with Crippen LogP contribution >= 0.6 is 27.3 Å². The number of amides is 1. The molecule has 2 aromatic heterocycles. The molecule has 0 radical (unpaired) electrons. The number of hydrogen-bond acceptors (Lipinski definition) is 4. The summed E-state index contributed by atoms with van der Waals surface area (Å²) in [6, 6.07) is 3.33. The van der Waals surface area contributed by atoms with Crippen molar-refractivity contribution in [1.82, 2.24) is 15.3 Å². The number of thiazole rings is 1. The van der Waals surface area contributed by atoms with Gasteiger partial charge in [0.1, 0.15) is 9.61 Å². The van der Waals surface area contributed by atoms with E-state index in [0.29, 0.717) is 5.56 Å². The summed E-state index contributed by atoms with van der Waals surface area (Å²) in [5.41, 5.74) is 0.610. The molecule has 2 rings (SSSR count). The van der Waals surface area contributed by atoms with Gasteiger partial charge in [-0.2, -0.15) is 0 Å². The number of nitrogens with one attached hydrogen (secondary N) is 1. The van der Waals surface area contributed by atoms with Gasteiger partial charge in [-0.3, -0.25) is 9.78 Å². The van der Waals surface area contributed by atoms with E-state index in [2.05, 4.69) is 31.2 Å². The summed E-state index contributed by atoms with van der Waals surface area (Å²) in [6.07, 6.45) is 4.02. The molecule has 0 bridgehead atoms. The first-order valence-electron chi connectivity index (χ1n) is 5.52. The Morgan fingerprint density at radius 1 is 1.50 bits per heavy atom. The molecule has 0 saturated carbocycles. The first-order valence-corrected chi connectivity index (χ1v) is 7.19. The molecular weight excluding hydrogens is 314 g/mol. The number of rotatable bonds is 4. The number of carbonyl (C=O) groups excluding carboxylic acids is 1. The Kier molecular flexibility index (Phi) is 4.43. The molecular formula is C12H12BrN3OS. The van der Waals surface area contributed by atoms with Crippen LogP contribution in [0.15, 0.2) is 34.5 Å². The number of halogens is 1. The van der Waals surface area contributed by atoms with E-state index in [0.717, 1.165) is 16.0 Å². The molecule has 0 aliphatic heterocycles. The maximum atomic E-state index is 12.0. The van der Waals surface area contributed by atoms with Gasteiger partial charge in [0, 0.05) is 23.3 Å². The highest BCUT2D eigenvalue weighted by molar-refractivity contribution is 9.10. The summed E-state index contributed by atoms with van der Waals surface area (Å²) >= 11 is 4.85. The van der Waals surface area contributed by atoms with Crippen LogP contribution in [-0.4, -0.2) is 15.9 Å². The standard InChI is InChI=1S/C12H12BrN3OS/c1-2-9(12-16-10(13)7-18-12)15-11(17)8-3-5-14-6-4-8/h3-7,9H,2H2,1H3,(H,15,17)/t9-/m0/s1. The topological polar surface area (TPSA) is 54.9 Å². The van der Waals surface area contributed by atoms with Crippen LogP contribution in [0.25, 0.3) is 0 Å². The smallest absolute Gasteiger partial charge is 0.251 e. The van der Waals surface area contributed by atoms with Crippen molar-refractivity contribution in [3.63, 3.8) is 0 Å². The first-order chi connectivity index (χ1) is 8.70. The maximum Gasteiger partial charge on any atom is 0.251 e. The molecule has 1 amide bonds. The van der Waals surface area contributed by atoms with Crippen LogP contribution in [-0.2, 0) is 0 Å². The molecule has 1 N–H and O–H groups in total. The van der Waals surface area contributed by atoms with Crippen molar-refractivity contribution in [1.29, 1.82) is 0 Å². The highest BCUT2D eigenvalue weighted by Gasteiger charge is 2.16. The van der Waals surface area contributed by atoms with Crippen LogP contribution in [0.3, 0.4) is 0 Å². The molecule has 1 atom stereocenters. The van der Waals surface area contributed by atoms with Gasteiger partial charge in [-0.15, -0.1) is 11.3 Å². The molecule has 18 heavy (non-hydrogen) atoms. The Morgan fingerprint density at radius 2 is 2.22 bits per heavy atom. The molecule has 0 unspecified atom stereocenters. The Hall–Kier alpha value is -1.27. The third-order valence-electron chi connectivity index (χ3n) is 2.45. The Bertz CT molecular complexity index is 529. The predicted octanol–water partition coefficient (Wildman–Crippen LogP) is 3.18. The minimum absolute atomic E-state index is 0.0537. The van der Waals surface area contributed by atoms with Crippen molar-refractivity contribution in [3.05, 3.63) is 45.1 Å². The Labute approximate surface area is 118 Å². The van der Waals surface area contributed by atoms with E-state index >= 15 is 0 Å². The molecule has 0 fully saturated rings. The number of hydrogen-bond donors (Lipinski definition) is 1. The van der Waals surface area contributed by atoms with Crippen LogP contribution in [0.2, 0.25) is 0 Å². The lowest BCUT2D eigenvalue weighted by molar-refractivity contribution is 0.0935. The Balaban J connectivity index is 2.10. The molecule has 2 aromatic rings. The first kappa shape index (κ1) is 13.2. The van der Waals surface area contributed by atoms with Crippen LogP contribution in [0.5, 0.6) is 0 Å². The summed E-state index contributed by atoms with van der Waals surface area (Å²) in [5, 5.41) is 5.80. The van der Waals surface area contributed by atoms with Crippen molar-refractivity contribution in [2.75, 3.05) is 0 Å². The fourth-order valence-electron chi connectivity index (χ4n) is 1.51. The van der Waals surface area contributed by atoms with Crippen molar-refractivity contribution >= 4 is 33.2 Å². The van der Waals surface area contributed by atoms with Crippen molar-refractivity contribution in [2.24, 2.45) is 0 Å². The summed E-state index contributed by atoms with van der Waals surface area (Å²) in [5.74, 6) is -0.101. The van der Waals surface area contributed by atoms with Gasteiger partial charge in [0.25, 0.3) is 5.91 Å². The van der Waals surface area contributed by atoms with Crippen LogP contribution in [0.1, 0.15) is 34.8 Å². The van der Waals surface area contributed by atoms with E-state index in [9.17, 15) is 4.79 Å². The molecule has 0 aromatic carbocycles. The number of pyridine rings is 1. The lowest BCUT2D eigenvalue weighted by Crippen LogP contribution is -2.28. The molecule has 6 heteroatoms. The molecule has 94 valence electrons. The van der Waals surface area contributed by atoms with Gasteiger partial charge >= 0.3 is 0 Å². The molecule has 0 saturated heterocycles. The van der Waals surface area contributed by atoms with Gasteiger partial charge < -0.3 is 5.32 Å². The largest absolute Gasteiger partial charge is 0.343 e. The molecule has 0 aliphatic rings. The van der Waals surface area contributed by atoms with E-state index in [1.165, 1.54) is 11.3 Å². The summed E-state index contributed by atoms with van der Waals surface area (Å²) < 4.78 is 0.805. The third kappa shape index (κ3) is 3.14. The predicted molar refractivity (Wildman–Crippen MR) is 74.5 cm³/mol. The van der Waals surface area contributed by atoms with Crippen molar-refractivity contribution in [2.45, 2.75) is 19.4 Å². The zero-order valence-corrected chi connectivity index (χ0v) is 12.2. The van der Waals surface area contributed by atoms with E-state index in [4.69, 9.17) is 0 Å². The minimum Gasteiger partial charge on any atom is -0.343 e. The number of nitrogens with zero attached hydrogens (tertiary/aromatic N) is 2. The zero-order chi connectivity index (χ0) is 13.0. The van der Waals surface area contributed by atoms with Gasteiger partial charge in [0.05, 0.1) is 6.04 Å². The third-order valence-corrected chi connectivity index (χ3v) is 4.12. The van der Waals surface area contributed by atoms with E-state index in [1.807, 2.05) is 12.3 Å². The van der Waals surface area contributed by atoms with Crippen LogP contribution in [0, 0.1) is 0 Å². The number of aromatic nitrogens is 2. The monoisotopic (exact) mass is 325 g/mol. The fourth-order valence-corrected chi connectivity index (χ4v) is 2.91. The van der Waals surface area contributed by atoms with Crippen molar-refractivity contribution < 1.29 is 4.79 Å². The second-order valence-corrected chi connectivity index (χ2v) is 5.38. The van der Waals surface area contributed by atoms with Gasteiger partial charge in [-0.05, 0) is 34.5 Å². The van der Waals surface area contributed by atoms with Crippen molar-refractivity contribution in [3.8, 4) is 0 Å². The highest BCUT2D eigenvalue weighted by atomic mass is 79.9. The van der Waals surface area contributed by atoms with Gasteiger partial charge in [-0.1, -0.05) is 6.92 Å². The van der Waals surface area contributed by atoms with E-state index in [-0.39, 0.29) is 11.9 Å². The average Bonchev–Trinajstić information content (AvgIpc) is 2.83. The van der Waals surface area contributed by atoms with E-state index in [1.54, 1.807) is 24.5 Å². The second kappa shape index (κ2) is 6.06. The molecule has 4 nitrogen and oxygen atoms in total. The average molecular weight is 326 g/mol. The van der Waals surface area contributed by atoms with Gasteiger partial charge in [0.15, 0.2) is 0 Å². The lowest BCUT2D eigenvalue weighted by atomic mass is 10.2. The SMILES string of the molecule is CC[C@H](NC(=O)c1ccncc1)c1nc(Br)cs1. The molecule has 2 heterocycles. The summed E-state index contributed by atoms with van der Waals surface area (Å²) in [6.45, 7) is 2.02. The molecule has 0 spiro atoms. The van der Waals surface area contributed by atoms with Crippen LogP contribution in [0.4, 0.5) is 0 Å². The number of carbonyl (C=O) groups is 1.